The highest BCUT2D eigenvalue weighted by Gasteiger charge is 2.20. The molecule has 5 heteroatoms. The minimum atomic E-state index is 0.0591. The molecule has 1 amide bonds. The molecule has 0 aliphatic carbocycles. The van der Waals surface area contributed by atoms with Crippen molar-refractivity contribution in [3.8, 4) is 11.1 Å². The van der Waals surface area contributed by atoms with Gasteiger partial charge in [0.15, 0.2) is 0 Å². The molecular weight excluding hydrogens is 286 g/mol. The number of piperazine rings is 1. The van der Waals surface area contributed by atoms with Crippen molar-refractivity contribution in [3.05, 3.63) is 53.3 Å². The van der Waals surface area contributed by atoms with Crippen molar-refractivity contribution in [2.24, 2.45) is 0 Å². The van der Waals surface area contributed by atoms with Crippen LogP contribution in [0.1, 0.15) is 10.4 Å². The predicted octanol–water partition coefficient (Wildman–Crippen LogP) is 2.45. The van der Waals surface area contributed by atoms with Crippen LogP contribution in [0.5, 0.6) is 0 Å². The summed E-state index contributed by atoms with van der Waals surface area (Å²) < 4.78 is 0. The molecule has 4 nitrogen and oxygen atoms in total. The number of aromatic nitrogens is 1. The Morgan fingerprint density at radius 3 is 2.57 bits per heavy atom. The number of nitrogens with zero attached hydrogens (tertiary/aromatic N) is 2. The zero-order valence-corrected chi connectivity index (χ0v) is 12.3. The maximum Gasteiger partial charge on any atom is 0.254 e. The third kappa shape index (κ3) is 3.06. The van der Waals surface area contributed by atoms with Crippen molar-refractivity contribution in [3.63, 3.8) is 0 Å². The molecule has 21 heavy (non-hydrogen) atoms. The lowest BCUT2D eigenvalue weighted by Crippen LogP contribution is -2.46. The fraction of sp³-hybridized carbons (Fsp3) is 0.250. The summed E-state index contributed by atoms with van der Waals surface area (Å²) in [5, 5.41) is 3.93. The van der Waals surface area contributed by atoms with Gasteiger partial charge in [-0.15, -0.1) is 0 Å². The largest absolute Gasteiger partial charge is 0.336 e. The standard InChI is InChI=1S/C16H16ClN3O/c17-13-3-1-12(2-4-13)15-11-19-6-5-14(15)16(21)20-9-7-18-8-10-20/h1-6,11,18H,7-10H2. The van der Waals surface area contributed by atoms with E-state index >= 15 is 0 Å². The number of carbonyl (C=O) groups is 1. The van der Waals surface area contributed by atoms with Gasteiger partial charge in [0.25, 0.3) is 5.91 Å². The molecule has 1 aliphatic rings. The lowest BCUT2D eigenvalue weighted by Gasteiger charge is -2.28. The van der Waals surface area contributed by atoms with Crippen molar-refractivity contribution >= 4 is 17.5 Å². The van der Waals surface area contributed by atoms with Crippen LogP contribution in [0.25, 0.3) is 11.1 Å². The fourth-order valence-electron chi connectivity index (χ4n) is 2.48. The molecule has 3 rings (SSSR count). The molecule has 0 unspecified atom stereocenters. The first kappa shape index (κ1) is 14.0. The van der Waals surface area contributed by atoms with E-state index in [4.69, 9.17) is 11.6 Å². The molecule has 1 saturated heterocycles. The molecule has 0 radical (unpaired) electrons. The number of carbonyl (C=O) groups excluding carboxylic acids is 1. The van der Waals surface area contributed by atoms with Crippen LogP contribution < -0.4 is 5.32 Å². The molecule has 1 aromatic carbocycles. The number of nitrogens with one attached hydrogen (secondary N) is 1. The third-order valence-electron chi connectivity index (χ3n) is 3.61. The van der Waals surface area contributed by atoms with Gasteiger partial charge in [-0.1, -0.05) is 23.7 Å². The highest BCUT2D eigenvalue weighted by molar-refractivity contribution is 6.30. The second kappa shape index (κ2) is 6.24. The minimum absolute atomic E-state index is 0.0591. The van der Waals surface area contributed by atoms with Crippen molar-refractivity contribution in [1.82, 2.24) is 15.2 Å². The first-order valence-corrected chi connectivity index (χ1v) is 7.33. The zero-order chi connectivity index (χ0) is 14.7. The fourth-order valence-corrected chi connectivity index (χ4v) is 2.60. The van der Waals surface area contributed by atoms with Crippen LogP contribution in [0.4, 0.5) is 0 Å². The van der Waals surface area contributed by atoms with Crippen molar-refractivity contribution in [2.45, 2.75) is 0 Å². The van der Waals surface area contributed by atoms with E-state index in [9.17, 15) is 4.79 Å². The van der Waals surface area contributed by atoms with Crippen LogP contribution in [0.3, 0.4) is 0 Å². The maximum atomic E-state index is 12.7. The van der Waals surface area contributed by atoms with Gasteiger partial charge in [-0.25, -0.2) is 0 Å². The predicted molar refractivity (Wildman–Crippen MR) is 83.5 cm³/mol. The van der Waals surface area contributed by atoms with Gasteiger partial charge >= 0.3 is 0 Å². The van der Waals surface area contributed by atoms with Crippen LogP contribution in [0, 0.1) is 0 Å². The van der Waals surface area contributed by atoms with E-state index in [1.54, 1.807) is 18.5 Å². The molecule has 2 aromatic rings. The lowest BCUT2D eigenvalue weighted by atomic mass is 10.0. The van der Waals surface area contributed by atoms with E-state index < -0.39 is 0 Å². The van der Waals surface area contributed by atoms with Crippen LogP contribution in [0.2, 0.25) is 5.02 Å². The number of pyridine rings is 1. The van der Waals surface area contributed by atoms with E-state index in [1.807, 2.05) is 29.2 Å². The number of hydrogen-bond donors (Lipinski definition) is 1. The molecule has 1 N–H and O–H groups in total. The highest BCUT2D eigenvalue weighted by Crippen LogP contribution is 2.25. The highest BCUT2D eigenvalue weighted by atomic mass is 35.5. The maximum absolute atomic E-state index is 12.7. The summed E-state index contributed by atoms with van der Waals surface area (Å²) in [4.78, 5) is 18.7. The van der Waals surface area contributed by atoms with Gasteiger partial charge in [0.05, 0.1) is 5.56 Å². The Hall–Kier alpha value is -1.91. The van der Waals surface area contributed by atoms with Crippen molar-refractivity contribution in [2.75, 3.05) is 26.2 Å². The number of hydrogen-bond acceptors (Lipinski definition) is 3. The first-order chi connectivity index (χ1) is 10.3. The summed E-state index contributed by atoms with van der Waals surface area (Å²) in [6.07, 6.45) is 3.40. The lowest BCUT2D eigenvalue weighted by molar-refractivity contribution is 0.0736. The quantitative estimate of drug-likeness (QED) is 0.927. The van der Waals surface area contributed by atoms with Gasteiger partial charge in [0, 0.05) is 49.2 Å². The monoisotopic (exact) mass is 301 g/mol. The van der Waals surface area contributed by atoms with Gasteiger partial charge in [-0.05, 0) is 23.8 Å². The van der Waals surface area contributed by atoms with E-state index in [2.05, 4.69) is 10.3 Å². The van der Waals surface area contributed by atoms with Gasteiger partial charge in [-0.3, -0.25) is 9.78 Å². The third-order valence-corrected chi connectivity index (χ3v) is 3.86. The Kier molecular flexibility index (Phi) is 4.18. The Balaban J connectivity index is 1.95. The molecule has 1 aromatic heterocycles. The number of rotatable bonds is 2. The summed E-state index contributed by atoms with van der Waals surface area (Å²) in [6, 6.07) is 9.25. The van der Waals surface area contributed by atoms with Crippen LogP contribution in [-0.2, 0) is 0 Å². The number of halogens is 1. The summed E-state index contributed by atoms with van der Waals surface area (Å²) in [5.74, 6) is 0.0591. The summed E-state index contributed by atoms with van der Waals surface area (Å²) >= 11 is 5.93. The summed E-state index contributed by atoms with van der Waals surface area (Å²) in [6.45, 7) is 3.16. The SMILES string of the molecule is O=C(c1ccncc1-c1ccc(Cl)cc1)N1CCNCC1. The normalized spacial score (nSPS) is 15.0. The van der Waals surface area contributed by atoms with Crippen LogP contribution in [0.15, 0.2) is 42.7 Å². The van der Waals surface area contributed by atoms with Crippen molar-refractivity contribution < 1.29 is 4.79 Å². The van der Waals surface area contributed by atoms with Crippen LogP contribution in [-0.4, -0.2) is 42.0 Å². The average molecular weight is 302 g/mol. The number of amides is 1. The topological polar surface area (TPSA) is 45.2 Å². The number of benzene rings is 1. The Labute approximate surface area is 128 Å². The molecule has 0 atom stereocenters. The zero-order valence-electron chi connectivity index (χ0n) is 11.6. The van der Waals surface area contributed by atoms with Crippen molar-refractivity contribution in [1.29, 1.82) is 0 Å². The molecule has 0 saturated carbocycles. The Bertz CT molecular complexity index is 636. The molecule has 2 heterocycles. The molecule has 0 spiro atoms. The van der Waals surface area contributed by atoms with Gasteiger partial charge in [0.1, 0.15) is 0 Å². The van der Waals surface area contributed by atoms with Gasteiger partial charge < -0.3 is 10.2 Å². The van der Waals surface area contributed by atoms with Crippen LogP contribution >= 0.6 is 11.6 Å². The van der Waals surface area contributed by atoms with Gasteiger partial charge in [-0.2, -0.15) is 0 Å². The minimum Gasteiger partial charge on any atom is -0.336 e. The van der Waals surface area contributed by atoms with E-state index in [0.29, 0.717) is 10.6 Å². The van der Waals surface area contributed by atoms with Gasteiger partial charge in [0.2, 0.25) is 0 Å². The van der Waals surface area contributed by atoms with E-state index in [0.717, 1.165) is 37.3 Å². The first-order valence-electron chi connectivity index (χ1n) is 6.95. The summed E-state index contributed by atoms with van der Waals surface area (Å²) in [7, 11) is 0. The van der Waals surface area contributed by atoms with E-state index in [1.165, 1.54) is 0 Å². The molecule has 0 bridgehead atoms. The second-order valence-corrected chi connectivity index (χ2v) is 5.41. The Morgan fingerprint density at radius 1 is 1.14 bits per heavy atom. The smallest absolute Gasteiger partial charge is 0.254 e. The Morgan fingerprint density at radius 2 is 1.86 bits per heavy atom. The molecule has 108 valence electrons. The molecule has 1 fully saturated rings. The average Bonchev–Trinajstić information content (AvgIpc) is 2.56. The second-order valence-electron chi connectivity index (χ2n) is 4.97. The molecule has 1 aliphatic heterocycles. The van der Waals surface area contributed by atoms with E-state index in [-0.39, 0.29) is 5.91 Å². The molecular formula is C16H16ClN3O. The summed E-state index contributed by atoms with van der Waals surface area (Å²) in [5.41, 5.74) is 2.48.